The number of thioether (sulfide) groups is 1. The standard InChI is InChI=1S/C17H17BrN4OS2/c1-3-22-16(14-5-4-8-24-14)20-21-17(22)25-10-15(23)19-12-6-7-13(18)11(2)9-12/h4-9H,3,10H2,1-2H3,(H,19,23). The Morgan fingerprint density at radius 2 is 2.20 bits per heavy atom. The van der Waals surface area contributed by atoms with E-state index in [4.69, 9.17) is 0 Å². The van der Waals surface area contributed by atoms with Crippen LogP contribution in [0.3, 0.4) is 0 Å². The zero-order chi connectivity index (χ0) is 17.8. The Balaban J connectivity index is 1.65. The van der Waals surface area contributed by atoms with Gasteiger partial charge in [-0.15, -0.1) is 21.5 Å². The molecule has 0 saturated carbocycles. The van der Waals surface area contributed by atoms with E-state index in [1.165, 1.54) is 11.8 Å². The lowest BCUT2D eigenvalue weighted by Crippen LogP contribution is -2.14. The van der Waals surface area contributed by atoms with Crippen molar-refractivity contribution >= 4 is 50.6 Å². The summed E-state index contributed by atoms with van der Waals surface area (Å²) in [6.45, 7) is 4.80. The molecule has 130 valence electrons. The fraction of sp³-hybridized carbons (Fsp3) is 0.235. The maximum Gasteiger partial charge on any atom is 0.234 e. The summed E-state index contributed by atoms with van der Waals surface area (Å²) in [6.07, 6.45) is 0. The van der Waals surface area contributed by atoms with Crippen molar-refractivity contribution in [2.45, 2.75) is 25.5 Å². The molecule has 5 nitrogen and oxygen atoms in total. The molecular weight excluding hydrogens is 420 g/mol. The summed E-state index contributed by atoms with van der Waals surface area (Å²) in [7, 11) is 0. The van der Waals surface area contributed by atoms with E-state index in [0.717, 1.165) is 38.1 Å². The van der Waals surface area contributed by atoms with E-state index in [2.05, 4.69) is 38.4 Å². The summed E-state index contributed by atoms with van der Waals surface area (Å²) in [4.78, 5) is 13.3. The average Bonchev–Trinajstić information content (AvgIpc) is 3.24. The number of benzene rings is 1. The van der Waals surface area contributed by atoms with Gasteiger partial charge in [-0.1, -0.05) is 33.8 Å². The van der Waals surface area contributed by atoms with Gasteiger partial charge in [-0.25, -0.2) is 0 Å². The number of aromatic nitrogens is 3. The SMILES string of the molecule is CCn1c(SCC(=O)Nc2ccc(Br)c(C)c2)nnc1-c1cccs1. The highest BCUT2D eigenvalue weighted by atomic mass is 79.9. The second-order valence-corrected chi connectivity index (χ2v) is 8.07. The lowest BCUT2D eigenvalue weighted by atomic mass is 10.2. The summed E-state index contributed by atoms with van der Waals surface area (Å²) < 4.78 is 3.06. The molecule has 0 atom stereocenters. The predicted octanol–water partition coefficient (Wildman–Crippen LogP) is 4.83. The smallest absolute Gasteiger partial charge is 0.234 e. The van der Waals surface area contributed by atoms with Gasteiger partial charge in [0.05, 0.1) is 10.6 Å². The van der Waals surface area contributed by atoms with Crippen molar-refractivity contribution in [3.05, 3.63) is 45.7 Å². The van der Waals surface area contributed by atoms with Gasteiger partial charge in [-0.2, -0.15) is 0 Å². The molecule has 0 bridgehead atoms. The van der Waals surface area contributed by atoms with Crippen molar-refractivity contribution in [3.8, 4) is 10.7 Å². The zero-order valence-electron chi connectivity index (χ0n) is 13.8. The Morgan fingerprint density at radius 1 is 1.36 bits per heavy atom. The minimum Gasteiger partial charge on any atom is -0.325 e. The number of aryl methyl sites for hydroxylation is 1. The van der Waals surface area contributed by atoms with E-state index >= 15 is 0 Å². The average molecular weight is 437 g/mol. The lowest BCUT2D eigenvalue weighted by Gasteiger charge is -2.08. The highest BCUT2D eigenvalue weighted by Crippen LogP contribution is 2.27. The number of anilines is 1. The molecule has 0 aliphatic carbocycles. The third kappa shape index (κ3) is 4.31. The summed E-state index contributed by atoms with van der Waals surface area (Å²) in [6, 6.07) is 9.77. The van der Waals surface area contributed by atoms with Gasteiger partial charge in [0, 0.05) is 16.7 Å². The largest absolute Gasteiger partial charge is 0.325 e. The van der Waals surface area contributed by atoms with Crippen molar-refractivity contribution < 1.29 is 4.79 Å². The minimum absolute atomic E-state index is 0.0601. The molecule has 0 aliphatic rings. The molecule has 2 heterocycles. The van der Waals surface area contributed by atoms with Crippen LogP contribution >= 0.6 is 39.0 Å². The minimum atomic E-state index is -0.0601. The first-order valence-electron chi connectivity index (χ1n) is 7.74. The van der Waals surface area contributed by atoms with Crippen LogP contribution in [0.15, 0.2) is 45.3 Å². The number of nitrogens with one attached hydrogen (secondary N) is 1. The molecule has 0 aliphatic heterocycles. The zero-order valence-corrected chi connectivity index (χ0v) is 17.0. The quantitative estimate of drug-likeness (QED) is 0.562. The number of hydrogen-bond donors (Lipinski definition) is 1. The first-order chi connectivity index (χ1) is 12.1. The molecule has 0 fully saturated rings. The van der Waals surface area contributed by atoms with E-state index in [-0.39, 0.29) is 11.7 Å². The van der Waals surface area contributed by atoms with Crippen LogP contribution in [0.5, 0.6) is 0 Å². The summed E-state index contributed by atoms with van der Waals surface area (Å²) in [5.41, 5.74) is 1.87. The van der Waals surface area contributed by atoms with Crippen LogP contribution < -0.4 is 5.32 Å². The monoisotopic (exact) mass is 436 g/mol. The molecule has 0 radical (unpaired) electrons. The molecule has 1 aromatic carbocycles. The van der Waals surface area contributed by atoms with E-state index in [1.54, 1.807) is 11.3 Å². The normalized spacial score (nSPS) is 10.8. The van der Waals surface area contributed by atoms with Crippen molar-refractivity contribution in [2.75, 3.05) is 11.1 Å². The number of thiophene rings is 1. The highest BCUT2D eigenvalue weighted by Gasteiger charge is 2.15. The van der Waals surface area contributed by atoms with Crippen LogP contribution in [0.25, 0.3) is 10.7 Å². The van der Waals surface area contributed by atoms with Gasteiger partial charge >= 0.3 is 0 Å². The molecule has 1 N–H and O–H groups in total. The van der Waals surface area contributed by atoms with Crippen LogP contribution in [0.4, 0.5) is 5.69 Å². The topological polar surface area (TPSA) is 59.8 Å². The molecule has 2 aromatic heterocycles. The van der Waals surface area contributed by atoms with E-state index in [1.807, 2.05) is 47.2 Å². The fourth-order valence-electron chi connectivity index (χ4n) is 2.32. The number of carbonyl (C=O) groups excluding carboxylic acids is 1. The number of rotatable bonds is 6. The number of nitrogens with zero attached hydrogens (tertiary/aromatic N) is 3. The third-order valence-corrected chi connectivity index (χ3v) is 6.27. The molecule has 3 aromatic rings. The molecule has 1 amide bonds. The van der Waals surface area contributed by atoms with Gasteiger partial charge in [0.15, 0.2) is 11.0 Å². The Kier molecular flexibility index (Phi) is 5.93. The predicted molar refractivity (Wildman–Crippen MR) is 107 cm³/mol. The second-order valence-electron chi connectivity index (χ2n) is 5.33. The summed E-state index contributed by atoms with van der Waals surface area (Å²) in [5.74, 6) is 1.08. The number of carbonyl (C=O) groups is 1. The second kappa shape index (κ2) is 8.16. The maximum absolute atomic E-state index is 12.2. The van der Waals surface area contributed by atoms with Gasteiger partial charge in [-0.3, -0.25) is 4.79 Å². The van der Waals surface area contributed by atoms with E-state index in [0.29, 0.717) is 0 Å². The molecule has 0 unspecified atom stereocenters. The van der Waals surface area contributed by atoms with Crippen LogP contribution in [-0.2, 0) is 11.3 Å². The number of hydrogen-bond acceptors (Lipinski definition) is 5. The Hall–Kier alpha value is -1.64. The van der Waals surface area contributed by atoms with Crippen LogP contribution in [0.1, 0.15) is 12.5 Å². The molecule has 0 saturated heterocycles. The Bertz CT molecular complexity index is 877. The van der Waals surface area contributed by atoms with Crippen LogP contribution in [0, 0.1) is 6.92 Å². The van der Waals surface area contributed by atoms with E-state index < -0.39 is 0 Å². The molecular formula is C17H17BrN4OS2. The van der Waals surface area contributed by atoms with Gasteiger partial charge in [0.25, 0.3) is 0 Å². The van der Waals surface area contributed by atoms with Crippen LogP contribution in [0.2, 0.25) is 0 Å². The summed E-state index contributed by atoms with van der Waals surface area (Å²) in [5, 5.41) is 14.2. The van der Waals surface area contributed by atoms with Crippen molar-refractivity contribution in [1.29, 1.82) is 0 Å². The first-order valence-corrected chi connectivity index (χ1v) is 10.4. The van der Waals surface area contributed by atoms with Crippen molar-refractivity contribution in [2.24, 2.45) is 0 Å². The van der Waals surface area contributed by atoms with Gasteiger partial charge in [0.2, 0.25) is 5.91 Å². The Morgan fingerprint density at radius 3 is 2.88 bits per heavy atom. The highest BCUT2D eigenvalue weighted by molar-refractivity contribution is 9.10. The Labute approximate surface area is 163 Å². The first kappa shape index (κ1) is 18.2. The maximum atomic E-state index is 12.2. The van der Waals surface area contributed by atoms with Crippen molar-refractivity contribution in [1.82, 2.24) is 14.8 Å². The molecule has 0 spiro atoms. The lowest BCUT2D eigenvalue weighted by molar-refractivity contribution is -0.113. The summed E-state index contributed by atoms with van der Waals surface area (Å²) >= 11 is 6.49. The van der Waals surface area contributed by atoms with E-state index in [9.17, 15) is 4.79 Å². The molecule has 8 heteroatoms. The van der Waals surface area contributed by atoms with Crippen LogP contribution in [-0.4, -0.2) is 26.4 Å². The van der Waals surface area contributed by atoms with Gasteiger partial charge < -0.3 is 9.88 Å². The van der Waals surface area contributed by atoms with Gasteiger partial charge in [-0.05, 0) is 49.1 Å². The van der Waals surface area contributed by atoms with Crippen molar-refractivity contribution in [3.63, 3.8) is 0 Å². The number of halogens is 1. The fourth-order valence-corrected chi connectivity index (χ4v) is 4.08. The molecule has 3 rings (SSSR count). The van der Waals surface area contributed by atoms with Gasteiger partial charge in [0.1, 0.15) is 0 Å². The third-order valence-electron chi connectivity index (χ3n) is 3.55. The molecule has 25 heavy (non-hydrogen) atoms. The number of amides is 1.